The zero-order chi connectivity index (χ0) is 10.5. The quantitative estimate of drug-likeness (QED) is 0.790. The van der Waals surface area contributed by atoms with E-state index in [1.54, 1.807) is 17.5 Å². The first kappa shape index (κ1) is 10.4. The number of hydrogen-bond donors (Lipinski definition) is 1. The lowest BCUT2D eigenvalue weighted by Crippen LogP contribution is -2.08. The molecule has 2 aromatic rings. The fourth-order valence-corrected chi connectivity index (χ4v) is 2.03. The highest BCUT2D eigenvalue weighted by atomic mass is 32.1. The van der Waals surface area contributed by atoms with E-state index < -0.39 is 0 Å². The van der Waals surface area contributed by atoms with Crippen molar-refractivity contribution < 1.29 is 4.42 Å². The maximum atomic E-state index is 5.64. The van der Waals surface area contributed by atoms with Gasteiger partial charge in [0.2, 0.25) is 0 Å². The first-order chi connectivity index (χ1) is 7.40. The Morgan fingerprint density at radius 3 is 3.20 bits per heavy atom. The Bertz CT molecular complexity index is 394. The molecule has 0 aliphatic carbocycles. The molecule has 15 heavy (non-hydrogen) atoms. The van der Waals surface area contributed by atoms with Gasteiger partial charge in [-0.05, 0) is 31.5 Å². The predicted octanol–water partition coefficient (Wildman–Crippen LogP) is 2.56. The molecule has 2 heterocycles. The monoisotopic (exact) mass is 222 g/mol. The molecule has 0 amide bonds. The van der Waals surface area contributed by atoms with E-state index in [9.17, 15) is 0 Å². The van der Waals surface area contributed by atoms with E-state index in [-0.39, 0.29) is 0 Å². The van der Waals surface area contributed by atoms with Crippen molar-refractivity contribution in [2.24, 2.45) is 0 Å². The number of oxazole rings is 1. The Labute approximate surface area is 93.2 Å². The lowest BCUT2D eigenvalue weighted by molar-refractivity contribution is 0.495. The van der Waals surface area contributed by atoms with E-state index in [1.165, 1.54) is 0 Å². The molecule has 0 bridgehead atoms. The number of thiophene rings is 1. The molecule has 0 saturated heterocycles. The average molecular weight is 222 g/mol. The summed E-state index contributed by atoms with van der Waals surface area (Å²) in [6.07, 6.45) is 3.75. The number of aryl methyl sites for hydroxylation is 1. The SMILES string of the molecule is CNCCCc1ncc(-c2ccsc2)o1. The summed E-state index contributed by atoms with van der Waals surface area (Å²) in [7, 11) is 1.95. The molecule has 3 nitrogen and oxygen atoms in total. The van der Waals surface area contributed by atoms with Crippen LogP contribution < -0.4 is 5.32 Å². The smallest absolute Gasteiger partial charge is 0.194 e. The van der Waals surface area contributed by atoms with Gasteiger partial charge >= 0.3 is 0 Å². The molecule has 0 radical (unpaired) electrons. The molecule has 4 heteroatoms. The van der Waals surface area contributed by atoms with Gasteiger partial charge in [0.1, 0.15) is 0 Å². The summed E-state index contributed by atoms with van der Waals surface area (Å²) in [5.74, 6) is 1.70. The molecule has 80 valence electrons. The zero-order valence-corrected chi connectivity index (χ0v) is 9.51. The van der Waals surface area contributed by atoms with Gasteiger partial charge in [-0.1, -0.05) is 0 Å². The van der Waals surface area contributed by atoms with Crippen LogP contribution in [0.25, 0.3) is 11.3 Å². The standard InChI is InChI=1S/C11H14N2OS/c1-12-5-2-3-11-13-7-10(14-11)9-4-6-15-8-9/h4,6-8,12H,2-3,5H2,1H3. The fourth-order valence-electron chi connectivity index (χ4n) is 1.38. The summed E-state index contributed by atoms with van der Waals surface area (Å²) < 4.78 is 5.64. The molecule has 0 spiro atoms. The van der Waals surface area contributed by atoms with Crippen LogP contribution in [-0.2, 0) is 6.42 Å². The zero-order valence-electron chi connectivity index (χ0n) is 8.69. The molecule has 1 N–H and O–H groups in total. The van der Waals surface area contributed by atoms with Crippen molar-refractivity contribution in [1.82, 2.24) is 10.3 Å². The maximum Gasteiger partial charge on any atom is 0.194 e. The van der Waals surface area contributed by atoms with Crippen molar-refractivity contribution >= 4 is 11.3 Å². The van der Waals surface area contributed by atoms with Crippen LogP contribution in [0.4, 0.5) is 0 Å². The number of rotatable bonds is 5. The summed E-state index contributed by atoms with van der Waals surface area (Å²) in [5.41, 5.74) is 1.12. The summed E-state index contributed by atoms with van der Waals surface area (Å²) >= 11 is 1.67. The summed E-state index contributed by atoms with van der Waals surface area (Å²) in [4.78, 5) is 4.25. The first-order valence-corrected chi connectivity index (χ1v) is 5.96. The van der Waals surface area contributed by atoms with Crippen molar-refractivity contribution in [2.75, 3.05) is 13.6 Å². The lowest BCUT2D eigenvalue weighted by atomic mass is 10.3. The number of nitrogens with one attached hydrogen (secondary N) is 1. The van der Waals surface area contributed by atoms with Crippen molar-refractivity contribution in [3.05, 3.63) is 28.9 Å². The van der Waals surface area contributed by atoms with E-state index in [4.69, 9.17) is 4.42 Å². The van der Waals surface area contributed by atoms with Gasteiger partial charge in [-0.25, -0.2) is 4.98 Å². The number of hydrogen-bond acceptors (Lipinski definition) is 4. The second-order valence-corrected chi connectivity index (χ2v) is 4.12. The van der Waals surface area contributed by atoms with Crippen LogP contribution >= 0.6 is 11.3 Å². The van der Waals surface area contributed by atoms with E-state index in [1.807, 2.05) is 18.5 Å². The van der Waals surface area contributed by atoms with Gasteiger partial charge in [0.25, 0.3) is 0 Å². The summed E-state index contributed by atoms with van der Waals surface area (Å²) in [6, 6.07) is 2.04. The number of nitrogens with zero attached hydrogens (tertiary/aromatic N) is 1. The molecule has 2 aromatic heterocycles. The highest BCUT2D eigenvalue weighted by Crippen LogP contribution is 2.22. The van der Waals surface area contributed by atoms with Gasteiger partial charge < -0.3 is 9.73 Å². The second-order valence-electron chi connectivity index (χ2n) is 3.34. The van der Waals surface area contributed by atoms with Gasteiger partial charge in [-0.15, -0.1) is 0 Å². The Balaban J connectivity index is 1.98. The molecule has 0 aliphatic heterocycles. The van der Waals surface area contributed by atoms with Gasteiger partial charge in [0.05, 0.1) is 6.20 Å². The van der Waals surface area contributed by atoms with Crippen LogP contribution in [0.15, 0.2) is 27.4 Å². The molecule has 0 unspecified atom stereocenters. The predicted molar refractivity (Wildman–Crippen MR) is 62.1 cm³/mol. The molecular weight excluding hydrogens is 208 g/mol. The molecule has 0 aliphatic rings. The highest BCUT2D eigenvalue weighted by Gasteiger charge is 2.05. The summed E-state index contributed by atoms with van der Waals surface area (Å²) in [5, 5.41) is 7.21. The van der Waals surface area contributed by atoms with Crippen LogP contribution in [0.2, 0.25) is 0 Å². The van der Waals surface area contributed by atoms with Crippen molar-refractivity contribution in [3.63, 3.8) is 0 Å². The highest BCUT2D eigenvalue weighted by molar-refractivity contribution is 7.08. The van der Waals surface area contributed by atoms with Crippen LogP contribution in [-0.4, -0.2) is 18.6 Å². The average Bonchev–Trinajstić information content (AvgIpc) is 2.87. The number of aromatic nitrogens is 1. The van der Waals surface area contributed by atoms with Crippen LogP contribution in [0, 0.1) is 0 Å². The molecule has 0 atom stereocenters. The Morgan fingerprint density at radius 1 is 1.53 bits per heavy atom. The third kappa shape index (κ3) is 2.67. The van der Waals surface area contributed by atoms with Crippen LogP contribution in [0.5, 0.6) is 0 Å². The van der Waals surface area contributed by atoms with Crippen LogP contribution in [0.3, 0.4) is 0 Å². The molecule has 0 aromatic carbocycles. The van der Waals surface area contributed by atoms with Gasteiger partial charge in [-0.3, -0.25) is 0 Å². The minimum atomic E-state index is 0.825. The van der Waals surface area contributed by atoms with Gasteiger partial charge in [0.15, 0.2) is 11.7 Å². The second kappa shape index (κ2) is 5.09. The topological polar surface area (TPSA) is 38.1 Å². The Morgan fingerprint density at radius 2 is 2.47 bits per heavy atom. The summed E-state index contributed by atoms with van der Waals surface area (Å²) in [6.45, 7) is 0.996. The van der Waals surface area contributed by atoms with Gasteiger partial charge in [0, 0.05) is 17.4 Å². The fraction of sp³-hybridized carbons (Fsp3) is 0.364. The third-order valence-corrected chi connectivity index (χ3v) is 2.86. The Kier molecular flexibility index (Phi) is 3.53. The van der Waals surface area contributed by atoms with E-state index in [2.05, 4.69) is 15.7 Å². The normalized spacial score (nSPS) is 10.7. The van der Waals surface area contributed by atoms with Crippen molar-refractivity contribution in [1.29, 1.82) is 0 Å². The minimum absolute atomic E-state index is 0.825. The maximum absolute atomic E-state index is 5.64. The molecule has 0 saturated carbocycles. The minimum Gasteiger partial charge on any atom is -0.441 e. The van der Waals surface area contributed by atoms with E-state index in [0.717, 1.165) is 36.6 Å². The lowest BCUT2D eigenvalue weighted by Gasteiger charge is -1.95. The Hall–Kier alpha value is -1.13. The molecule has 0 fully saturated rings. The molecular formula is C11H14N2OS. The molecule has 2 rings (SSSR count). The van der Waals surface area contributed by atoms with Crippen LogP contribution in [0.1, 0.15) is 12.3 Å². The van der Waals surface area contributed by atoms with E-state index in [0.29, 0.717) is 0 Å². The third-order valence-electron chi connectivity index (χ3n) is 2.18. The van der Waals surface area contributed by atoms with Crippen molar-refractivity contribution in [2.45, 2.75) is 12.8 Å². The van der Waals surface area contributed by atoms with Gasteiger partial charge in [-0.2, -0.15) is 11.3 Å². The first-order valence-electron chi connectivity index (χ1n) is 5.02. The van der Waals surface area contributed by atoms with E-state index >= 15 is 0 Å². The van der Waals surface area contributed by atoms with Crippen molar-refractivity contribution in [3.8, 4) is 11.3 Å². The largest absolute Gasteiger partial charge is 0.441 e.